The Hall–Kier alpha value is -4.20. The molecule has 0 radical (unpaired) electrons. The first-order valence-electron chi connectivity index (χ1n) is 12.9. The summed E-state index contributed by atoms with van der Waals surface area (Å²) in [5, 5.41) is 24.1. The van der Waals surface area contributed by atoms with Gasteiger partial charge in [-0.1, -0.05) is 6.07 Å². The maximum atomic E-state index is 10.0. The number of nitrogens with zero attached hydrogens (tertiary/aromatic N) is 8. The van der Waals surface area contributed by atoms with Crippen LogP contribution in [0.4, 0.5) is 11.5 Å². The van der Waals surface area contributed by atoms with Gasteiger partial charge in [0.15, 0.2) is 0 Å². The van der Waals surface area contributed by atoms with Crippen molar-refractivity contribution in [2.75, 3.05) is 56.2 Å². The van der Waals surface area contributed by atoms with E-state index >= 15 is 0 Å². The van der Waals surface area contributed by atoms with E-state index in [2.05, 4.69) is 55.1 Å². The molecule has 0 saturated carbocycles. The van der Waals surface area contributed by atoms with Crippen molar-refractivity contribution in [1.82, 2.24) is 24.5 Å². The molecule has 4 aromatic heterocycles. The number of methoxy groups -OCH3 is 1. The van der Waals surface area contributed by atoms with Crippen molar-refractivity contribution in [2.24, 2.45) is 0 Å². The van der Waals surface area contributed by atoms with Gasteiger partial charge < -0.3 is 19.6 Å². The second kappa shape index (κ2) is 10.3. The zero-order chi connectivity index (χ0) is 26.1. The van der Waals surface area contributed by atoms with Gasteiger partial charge in [-0.2, -0.15) is 10.4 Å². The number of pyridine rings is 3. The molecule has 0 spiro atoms. The number of aliphatic hydroxyl groups excluding tert-OH is 1. The molecule has 6 heterocycles. The Labute approximate surface area is 221 Å². The number of β-amino-alcohol motifs (C(OH)–C–C–N with tert-alkyl or cyclic N) is 1. The number of nitriles is 1. The lowest BCUT2D eigenvalue weighted by atomic mass is 10.0. The van der Waals surface area contributed by atoms with Gasteiger partial charge in [0, 0.05) is 75.4 Å². The Balaban J connectivity index is 1.19. The molecule has 0 aliphatic carbocycles. The standard InChI is InChI=1S/C28H30N8O2/c1-38-27-5-2-20(14-31-27)17-33-8-10-34(11-9-33)26-4-3-21(15-30-26)25-12-23(35-7-6-24(37)19-35)18-36-28(25)22(13-29)16-32-36/h2-5,12,14-16,18,24,37H,6-11,17,19H2,1H3/t24-/m0/s1. The molecule has 0 amide bonds. The smallest absolute Gasteiger partial charge is 0.212 e. The van der Waals surface area contributed by atoms with Gasteiger partial charge in [0.05, 0.1) is 42.4 Å². The van der Waals surface area contributed by atoms with E-state index in [1.165, 1.54) is 5.56 Å². The molecule has 4 aromatic rings. The van der Waals surface area contributed by atoms with Gasteiger partial charge in [0.25, 0.3) is 0 Å². The van der Waals surface area contributed by atoms with Crippen LogP contribution in [0.25, 0.3) is 16.6 Å². The summed E-state index contributed by atoms with van der Waals surface area (Å²) in [5.74, 6) is 1.58. The summed E-state index contributed by atoms with van der Waals surface area (Å²) >= 11 is 0. The zero-order valence-corrected chi connectivity index (χ0v) is 21.4. The van der Waals surface area contributed by atoms with Crippen molar-refractivity contribution in [2.45, 2.75) is 19.1 Å². The second-order valence-electron chi connectivity index (χ2n) is 9.84. The summed E-state index contributed by atoms with van der Waals surface area (Å²) in [5.41, 5.74) is 5.30. The van der Waals surface area contributed by atoms with E-state index in [0.717, 1.165) is 73.8 Å². The first kappa shape index (κ1) is 24.2. The summed E-state index contributed by atoms with van der Waals surface area (Å²) < 4.78 is 6.92. The van der Waals surface area contributed by atoms with Crippen LogP contribution in [-0.2, 0) is 6.54 Å². The molecule has 0 aromatic carbocycles. The van der Waals surface area contributed by atoms with Crippen molar-refractivity contribution in [3.8, 4) is 23.1 Å². The van der Waals surface area contributed by atoms with Gasteiger partial charge in [-0.3, -0.25) is 4.90 Å². The Morgan fingerprint density at radius 3 is 2.55 bits per heavy atom. The van der Waals surface area contributed by atoms with Gasteiger partial charge in [0.2, 0.25) is 5.88 Å². The first-order chi connectivity index (χ1) is 18.6. The molecule has 10 nitrogen and oxygen atoms in total. The quantitative estimate of drug-likeness (QED) is 0.419. The van der Waals surface area contributed by atoms with Crippen molar-refractivity contribution >= 4 is 17.0 Å². The maximum absolute atomic E-state index is 10.0. The van der Waals surface area contributed by atoms with Gasteiger partial charge >= 0.3 is 0 Å². The molecule has 6 rings (SSSR count). The number of aliphatic hydroxyl groups is 1. The average Bonchev–Trinajstić information content (AvgIpc) is 3.59. The topological polar surface area (TPSA) is 106 Å². The predicted octanol–water partition coefficient (Wildman–Crippen LogP) is 2.56. The van der Waals surface area contributed by atoms with Crippen molar-refractivity contribution in [1.29, 1.82) is 5.26 Å². The molecule has 2 fully saturated rings. The van der Waals surface area contributed by atoms with Crippen LogP contribution < -0.4 is 14.5 Å². The highest BCUT2D eigenvalue weighted by Gasteiger charge is 2.23. The molecule has 2 saturated heterocycles. The third kappa shape index (κ3) is 4.74. The number of fused-ring (bicyclic) bond motifs is 1. The molecule has 194 valence electrons. The monoisotopic (exact) mass is 510 g/mol. The van der Waals surface area contributed by atoms with Crippen LogP contribution in [0.15, 0.2) is 55.1 Å². The number of anilines is 2. The lowest BCUT2D eigenvalue weighted by Gasteiger charge is -2.35. The highest BCUT2D eigenvalue weighted by Crippen LogP contribution is 2.33. The van der Waals surface area contributed by atoms with E-state index in [1.807, 2.05) is 24.7 Å². The van der Waals surface area contributed by atoms with Crippen LogP contribution in [0, 0.1) is 11.3 Å². The Morgan fingerprint density at radius 1 is 1.03 bits per heavy atom. The number of hydrogen-bond acceptors (Lipinski definition) is 9. The van der Waals surface area contributed by atoms with E-state index < -0.39 is 0 Å². The van der Waals surface area contributed by atoms with Crippen molar-refractivity contribution in [3.05, 3.63) is 66.2 Å². The van der Waals surface area contributed by atoms with E-state index in [4.69, 9.17) is 9.72 Å². The molecular formula is C28H30N8O2. The van der Waals surface area contributed by atoms with E-state index in [9.17, 15) is 10.4 Å². The highest BCUT2D eigenvalue weighted by atomic mass is 16.5. The fourth-order valence-electron chi connectivity index (χ4n) is 5.31. The van der Waals surface area contributed by atoms with Gasteiger partial charge in [-0.05, 0) is 30.2 Å². The number of rotatable bonds is 6. The van der Waals surface area contributed by atoms with Crippen LogP contribution in [0.1, 0.15) is 17.5 Å². The fraction of sp³-hybridized carbons (Fsp3) is 0.357. The number of piperazine rings is 1. The van der Waals surface area contributed by atoms with Crippen LogP contribution in [0.3, 0.4) is 0 Å². The summed E-state index contributed by atoms with van der Waals surface area (Å²) in [6.45, 7) is 5.93. The first-order valence-corrected chi connectivity index (χ1v) is 12.9. The molecule has 10 heteroatoms. The lowest BCUT2D eigenvalue weighted by molar-refractivity contribution is 0.198. The van der Waals surface area contributed by atoms with Crippen molar-refractivity contribution in [3.63, 3.8) is 0 Å². The third-order valence-electron chi connectivity index (χ3n) is 7.41. The lowest BCUT2D eigenvalue weighted by Crippen LogP contribution is -2.46. The molecule has 1 N–H and O–H groups in total. The highest BCUT2D eigenvalue weighted by molar-refractivity contribution is 5.86. The predicted molar refractivity (Wildman–Crippen MR) is 144 cm³/mol. The van der Waals surface area contributed by atoms with Crippen LogP contribution in [0.5, 0.6) is 5.88 Å². The van der Waals surface area contributed by atoms with E-state index in [1.54, 1.807) is 17.8 Å². The van der Waals surface area contributed by atoms with Gasteiger partial charge in [0.1, 0.15) is 11.9 Å². The average molecular weight is 511 g/mol. The van der Waals surface area contributed by atoms with E-state index in [0.29, 0.717) is 18.0 Å². The van der Waals surface area contributed by atoms with Crippen molar-refractivity contribution < 1.29 is 9.84 Å². The molecular weight excluding hydrogens is 480 g/mol. The van der Waals surface area contributed by atoms with Crippen LogP contribution >= 0.6 is 0 Å². The zero-order valence-electron chi connectivity index (χ0n) is 21.4. The van der Waals surface area contributed by atoms with E-state index in [-0.39, 0.29) is 6.10 Å². The second-order valence-corrected chi connectivity index (χ2v) is 9.84. The molecule has 0 unspecified atom stereocenters. The number of aromatic nitrogens is 4. The molecule has 2 aliphatic rings. The Kier molecular flexibility index (Phi) is 6.54. The normalized spacial score (nSPS) is 18.2. The summed E-state index contributed by atoms with van der Waals surface area (Å²) in [6, 6.07) is 12.4. The number of ether oxygens (including phenoxy) is 1. The largest absolute Gasteiger partial charge is 0.481 e. The van der Waals surface area contributed by atoms with Gasteiger partial charge in [-0.25, -0.2) is 14.5 Å². The molecule has 2 aliphatic heterocycles. The minimum atomic E-state index is -0.323. The third-order valence-corrected chi connectivity index (χ3v) is 7.41. The summed E-state index contributed by atoms with van der Waals surface area (Å²) in [4.78, 5) is 16.0. The Bertz CT molecular complexity index is 1450. The SMILES string of the molecule is COc1ccc(CN2CCN(c3ccc(-c4cc(N5CC[C@H](O)C5)cn5ncc(C#N)c45)cn3)CC2)cn1. The maximum Gasteiger partial charge on any atom is 0.212 e. The van der Waals surface area contributed by atoms with Crippen LogP contribution in [-0.4, -0.2) is 82.1 Å². The molecule has 1 atom stereocenters. The number of hydrogen-bond donors (Lipinski definition) is 1. The summed E-state index contributed by atoms with van der Waals surface area (Å²) in [6.07, 6.45) is 7.72. The van der Waals surface area contributed by atoms with Crippen LogP contribution in [0.2, 0.25) is 0 Å². The minimum absolute atomic E-state index is 0.323. The molecule has 38 heavy (non-hydrogen) atoms. The van der Waals surface area contributed by atoms with Gasteiger partial charge in [-0.15, -0.1) is 0 Å². The fourth-order valence-corrected chi connectivity index (χ4v) is 5.31. The Morgan fingerprint density at radius 2 is 1.89 bits per heavy atom. The minimum Gasteiger partial charge on any atom is -0.481 e. The summed E-state index contributed by atoms with van der Waals surface area (Å²) in [7, 11) is 1.63. The molecule has 0 bridgehead atoms.